The number of carbonyl (C=O) groups is 2. The molecule has 118 valence electrons. The van der Waals surface area contributed by atoms with Crippen LogP contribution in [0.5, 0.6) is 0 Å². The molecule has 0 unspecified atom stereocenters. The summed E-state index contributed by atoms with van der Waals surface area (Å²) >= 11 is 1.86. The molecule has 0 bridgehead atoms. The number of thioether (sulfide) groups is 1. The summed E-state index contributed by atoms with van der Waals surface area (Å²) in [7, 11) is 0. The van der Waals surface area contributed by atoms with Gasteiger partial charge in [0.1, 0.15) is 13.1 Å². The first-order valence-electron chi connectivity index (χ1n) is 7.36. The van der Waals surface area contributed by atoms with Gasteiger partial charge in [-0.2, -0.15) is 22.3 Å². The van der Waals surface area contributed by atoms with E-state index in [9.17, 15) is 9.59 Å². The predicted molar refractivity (Wildman–Crippen MR) is 81.8 cm³/mol. The molecular formula is C14H19N5O2S. The smallest absolute Gasteiger partial charge is 0.315 e. The highest BCUT2D eigenvalue weighted by atomic mass is 32.2. The van der Waals surface area contributed by atoms with E-state index in [0.717, 1.165) is 25.0 Å². The zero-order chi connectivity index (χ0) is 15.9. The van der Waals surface area contributed by atoms with Gasteiger partial charge in [-0.1, -0.05) is 6.42 Å². The van der Waals surface area contributed by atoms with Gasteiger partial charge in [-0.15, -0.1) is 0 Å². The van der Waals surface area contributed by atoms with Crippen LogP contribution < -0.4 is 10.6 Å². The summed E-state index contributed by atoms with van der Waals surface area (Å²) < 4.78 is 0. The Kier molecular flexibility index (Phi) is 5.91. The van der Waals surface area contributed by atoms with Crippen molar-refractivity contribution in [1.29, 1.82) is 10.5 Å². The maximum atomic E-state index is 11.9. The fourth-order valence-electron chi connectivity index (χ4n) is 2.83. The Morgan fingerprint density at radius 1 is 1.27 bits per heavy atom. The number of hydrogen-bond donors (Lipinski definition) is 2. The quantitative estimate of drug-likeness (QED) is 0.405. The average molecular weight is 321 g/mol. The van der Waals surface area contributed by atoms with E-state index in [-0.39, 0.29) is 37.1 Å². The lowest BCUT2D eigenvalue weighted by Crippen LogP contribution is -2.36. The Balaban J connectivity index is 1.67. The molecule has 2 aliphatic rings. The van der Waals surface area contributed by atoms with Crippen molar-refractivity contribution in [2.45, 2.75) is 43.0 Å². The summed E-state index contributed by atoms with van der Waals surface area (Å²) in [6, 6.07) is 4.14. The molecule has 3 atom stereocenters. The van der Waals surface area contributed by atoms with Gasteiger partial charge in [-0.05, 0) is 12.8 Å². The van der Waals surface area contributed by atoms with Crippen LogP contribution in [0.1, 0.15) is 25.7 Å². The van der Waals surface area contributed by atoms with Crippen molar-refractivity contribution in [2.75, 3.05) is 18.8 Å². The molecule has 2 fully saturated rings. The molecule has 0 aromatic rings. The lowest BCUT2D eigenvalue weighted by Gasteiger charge is -2.17. The van der Waals surface area contributed by atoms with Gasteiger partial charge in [0.2, 0.25) is 5.91 Å². The van der Waals surface area contributed by atoms with Crippen LogP contribution in [-0.2, 0) is 4.79 Å². The summed E-state index contributed by atoms with van der Waals surface area (Å²) in [6.07, 6.45) is 2.95. The van der Waals surface area contributed by atoms with Gasteiger partial charge in [0.25, 0.3) is 0 Å². The minimum Gasteiger partial charge on any atom is -0.332 e. The Labute approximate surface area is 134 Å². The van der Waals surface area contributed by atoms with Gasteiger partial charge in [0.05, 0.1) is 24.2 Å². The van der Waals surface area contributed by atoms with E-state index >= 15 is 0 Å². The number of fused-ring (bicyclic) bond motifs is 1. The van der Waals surface area contributed by atoms with E-state index in [1.54, 1.807) is 0 Å². The number of urea groups is 1. The Morgan fingerprint density at radius 3 is 2.68 bits per heavy atom. The molecule has 3 amide bonds. The van der Waals surface area contributed by atoms with Crippen molar-refractivity contribution >= 4 is 23.7 Å². The molecule has 2 N–H and O–H groups in total. The van der Waals surface area contributed by atoms with Gasteiger partial charge in [0, 0.05) is 17.4 Å². The third kappa shape index (κ3) is 4.05. The molecule has 2 aliphatic heterocycles. The highest BCUT2D eigenvalue weighted by Crippen LogP contribution is 2.33. The van der Waals surface area contributed by atoms with Crippen LogP contribution in [0.2, 0.25) is 0 Å². The summed E-state index contributed by atoms with van der Waals surface area (Å²) in [5.41, 5.74) is 0. The molecule has 0 aromatic carbocycles. The van der Waals surface area contributed by atoms with Crippen molar-refractivity contribution < 1.29 is 9.59 Å². The highest BCUT2D eigenvalue weighted by Gasteiger charge is 2.42. The second-order valence-corrected chi connectivity index (χ2v) is 6.71. The fourth-order valence-corrected chi connectivity index (χ4v) is 4.37. The lowest BCUT2D eigenvalue weighted by molar-refractivity contribution is -0.130. The molecule has 0 aliphatic carbocycles. The van der Waals surface area contributed by atoms with Crippen LogP contribution in [0.4, 0.5) is 4.79 Å². The molecule has 2 heterocycles. The van der Waals surface area contributed by atoms with Crippen LogP contribution >= 0.6 is 11.8 Å². The monoisotopic (exact) mass is 321 g/mol. The molecule has 0 aromatic heterocycles. The summed E-state index contributed by atoms with van der Waals surface area (Å²) in [6.45, 7) is -0.0708. The van der Waals surface area contributed by atoms with E-state index in [1.165, 1.54) is 4.90 Å². The largest absolute Gasteiger partial charge is 0.332 e. The number of nitriles is 2. The molecule has 8 heteroatoms. The van der Waals surface area contributed by atoms with Gasteiger partial charge < -0.3 is 15.5 Å². The summed E-state index contributed by atoms with van der Waals surface area (Å²) in [5.74, 6) is 0.793. The number of rotatable bonds is 7. The van der Waals surface area contributed by atoms with Crippen LogP contribution in [-0.4, -0.2) is 53.0 Å². The molecule has 0 saturated carbocycles. The van der Waals surface area contributed by atoms with Crippen molar-refractivity contribution in [2.24, 2.45) is 0 Å². The third-order valence-corrected chi connectivity index (χ3v) is 5.45. The van der Waals surface area contributed by atoms with Crippen LogP contribution in [0.25, 0.3) is 0 Å². The number of amides is 3. The Hall–Kier alpha value is -1.93. The van der Waals surface area contributed by atoms with Gasteiger partial charge in [-0.25, -0.2) is 4.79 Å². The Bertz CT molecular complexity index is 496. The molecule has 22 heavy (non-hydrogen) atoms. The van der Waals surface area contributed by atoms with Gasteiger partial charge in [0.15, 0.2) is 0 Å². The summed E-state index contributed by atoms with van der Waals surface area (Å²) in [4.78, 5) is 24.5. The maximum Gasteiger partial charge on any atom is 0.315 e. The third-order valence-electron chi connectivity index (χ3n) is 3.94. The van der Waals surface area contributed by atoms with E-state index in [2.05, 4.69) is 10.6 Å². The SMILES string of the molecule is N#CCN(CC#N)C(=O)CCCC[C@@H]1SC[C@@H]2NC(=O)N[C@@H]21. The molecule has 7 nitrogen and oxygen atoms in total. The van der Waals surface area contributed by atoms with Crippen LogP contribution in [0.15, 0.2) is 0 Å². The number of unbranched alkanes of at least 4 members (excludes halogenated alkanes) is 1. The first-order valence-corrected chi connectivity index (χ1v) is 8.41. The topological polar surface area (TPSA) is 109 Å². The summed E-state index contributed by atoms with van der Waals surface area (Å²) in [5, 5.41) is 23.5. The van der Waals surface area contributed by atoms with E-state index in [1.807, 2.05) is 23.9 Å². The second kappa shape index (κ2) is 7.90. The van der Waals surface area contributed by atoms with Gasteiger partial charge in [-0.3, -0.25) is 4.79 Å². The predicted octanol–water partition coefficient (Wildman–Crippen LogP) is 0.588. The van der Waals surface area contributed by atoms with Crippen LogP contribution in [0.3, 0.4) is 0 Å². The van der Waals surface area contributed by atoms with Crippen molar-refractivity contribution in [3.05, 3.63) is 0 Å². The molecule has 0 spiro atoms. The fraction of sp³-hybridized carbons (Fsp3) is 0.714. The number of carbonyl (C=O) groups excluding carboxylic acids is 2. The number of hydrogen-bond acceptors (Lipinski definition) is 5. The minimum atomic E-state index is -0.143. The highest BCUT2D eigenvalue weighted by molar-refractivity contribution is 8.00. The van der Waals surface area contributed by atoms with Crippen molar-refractivity contribution in [3.63, 3.8) is 0 Å². The van der Waals surface area contributed by atoms with E-state index < -0.39 is 0 Å². The first-order chi connectivity index (χ1) is 10.7. The van der Waals surface area contributed by atoms with Crippen molar-refractivity contribution in [1.82, 2.24) is 15.5 Å². The normalized spacial score (nSPS) is 25.5. The zero-order valence-electron chi connectivity index (χ0n) is 12.2. The average Bonchev–Trinajstić information content (AvgIpc) is 3.03. The van der Waals surface area contributed by atoms with Crippen LogP contribution in [0, 0.1) is 22.7 Å². The zero-order valence-corrected chi connectivity index (χ0v) is 13.1. The molecule has 0 radical (unpaired) electrons. The van der Waals surface area contributed by atoms with E-state index in [0.29, 0.717) is 11.7 Å². The van der Waals surface area contributed by atoms with E-state index in [4.69, 9.17) is 10.5 Å². The first kappa shape index (κ1) is 16.4. The molecule has 2 rings (SSSR count). The molecular weight excluding hydrogens is 302 g/mol. The minimum absolute atomic E-state index is 0.0354. The Morgan fingerprint density at radius 2 is 2.00 bits per heavy atom. The lowest BCUT2D eigenvalue weighted by atomic mass is 10.0. The second-order valence-electron chi connectivity index (χ2n) is 5.43. The van der Waals surface area contributed by atoms with Gasteiger partial charge >= 0.3 is 6.03 Å². The molecule has 2 saturated heterocycles. The van der Waals surface area contributed by atoms with Crippen molar-refractivity contribution in [3.8, 4) is 12.1 Å². The maximum absolute atomic E-state index is 11.9. The standard InChI is InChI=1S/C14H19N5O2S/c15-5-7-19(8-6-16)12(20)4-2-1-3-11-13-10(9-22-11)17-14(21)18-13/h10-11,13H,1-4,7-9H2,(H2,17,18,21)/t10-,11-,13-/m0/s1. The number of nitrogens with zero attached hydrogens (tertiary/aromatic N) is 3. The number of nitrogens with one attached hydrogen (secondary N) is 2.